The van der Waals surface area contributed by atoms with Gasteiger partial charge in [0.15, 0.2) is 11.6 Å². The molecule has 128 heavy (non-hydrogen) atoms. The second kappa shape index (κ2) is 34.4. The maximum Gasteiger partial charge on any atom is 0.274 e. The number of aryl methyl sites for hydroxylation is 1. The maximum absolute atomic E-state index is 13.1. The van der Waals surface area contributed by atoms with Crippen molar-refractivity contribution in [3.8, 4) is 61.8 Å². The Morgan fingerprint density at radius 3 is 0.875 bits per heavy atom. The summed E-state index contributed by atoms with van der Waals surface area (Å²) in [5, 5.41) is 23.1. The number of hydrogen-bond acceptors (Lipinski definition) is 21. The number of benzene rings is 8. The third-order valence-electron chi connectivity index (χ3n) is 25.6. The molecule has 0 aliphatic carbocycles. The van der Waals surface area contributed by atoms with Crippen LogP contribution in [0.2, 0.25) is 0 Å². The van der Waals surface area contributed by atoms with E-state index in [-0.39, 0.29) is 46.4 Å². The Bertz CT molecular complexity index is 6910. The molecule has 0 spiro atoms. The van der Waals surface area contributed by atoms with Gasteiger partial charge in [-0.3, -0.25) is 37.9 Å². The molecule has 2 fully saturated rings. The number of fused-ring (bicyclic) bond motifs is 12. The third kappa shape index (κ3) is 15.4. The largest absolute Gasteiger partial charge is 0.496 e. The number of para-hydroxylation sites is 3. The fourth-order valence-corrected chi connectivity index (χ4v) is 18.9. The van der Waals surface area contributed by atoms with Crippen LogP contribution in [0.5, 0.6) is 17.2 Å². The molecule has 0 saturated carbocycles. The van der Waals surface area contributed by atoms with Gasteiger partial charge in [0.25, 0.3) is 22.2 Å². The number of ether oxygens (including phenoxy) is 5. The highest BCUT2D eigenvalue weighted by atomic mass is 16.5. The first-order valence-electron chi connectivity index (χ1n) is 43.5. The van der Waals surface area contributed by atoms with Crippen molar-refractivity contribution < 1.29 is 33.9 Å². The number of methoxy groups -OCH3 is 3. The summed E-state index contributed by atoms with van der Waals surface area (Å²) in [6.07, 6.45) is 17.7. The van der Waals surface area contributed by atoms with Gasteiger partial charge in [-0.05, 0) is 173 Å². The van der Waals surface area contributed by atoms with Crippen LogP contribution >= 0.6 is 0 Å². The summed E-state index contributed by atoms with van der Waals surface area (Å²) in [7, 11) is 5.03. The monoisotopic (exact) mass is 1720 g/mol. The van der Waals surface area contributed by atoms with Gasteiger partial charge in [-0.15, -0.1) is 0 Å². The van der Waals surface area contributed by atoms with E-state index in [0.29, 0.717) is 68.5 Å². The van der Waals surface area contributed by atoms with Gasteiger partial charge >= 0.3 is 0 Å². The van der Waals surface area contributed by atoms with Crippen LogP contribution < -0.4 is 46.2 Å². The molecule has 14 heterocycles. The molecule has 8 aromatic carbocycles. The third-order valence-corrected chi connectivity index (χ3v) is 25.6. The van der Waals surface area contributed by atoms with Crippen LogP contribution in [0.25, 0.3) is 88.1 Å². The number of hydrogen-bond donors (Lipinski definition) is 2. The normalized spacial score (nSPS) is 17.0. The molecule has 6 aliphatic rings. The molecule has 4 atom stereocenters. The first-order valence-corrected chi connectivity index (χ1v) is 43.5. The summed E-state index contributed by atoms with van der Waals surface area (Å²) >= 11 is 0. The van der Waals surface area contributed by atoms with Crippen LogP contribution in [0.4, 0.5) is 11.9 Å². The van der Waals surface area contributed by atoms with Crippen molar-refractivity contribution in [1.29, 1.82) is 0 Å². The molecule has 22 rings (SSSR count). The highest BCUT2D eigenvalue weighted by Crippen LogP contribution is 2.43. The number of anilines is 2. The smallest absolute Gasteiger partial charge is 0.274 e. The Labute approximate surface area is 736 Å². The van der Waals surface area contributed by atoms with Crippen molar-refractivity contribution in [2.45, 2.75) is 129 Å². The zero-order valence-corrected chi connectivity index (χ0v) is 72.9. The van der Waals surface area contributed by atoms with Crippen LogP contribution in [0.3, 0.4) is 0 Å². The van der Waals surface area contributed by atoms with Crippen molar-refractivity contribution in [3.63, 3.8) is 0 Å². The van der Waals surface area contributed by atoms with Gasteiger partial charge in [0, 0.05) is 141 Å². The summed E-state index contributed by atoms with van der Waals surface area (Å²) < 4.78 is 43.5. The van der Waals surface area contributed by atoms with E-state index < -0.39 is 11.2 Å². The van der Waals surface area contributed by atoms with E-state index >= 15 is 0 Å². The average Bonchev–Trinajstić information content (AvgIpc) is 1.60. The fourth-order valence-electron chi connectivity index (χ4n) is 18.9. The highest BCUT2D eigenvalue weighted by Gasteiger charge is 2.36. The standard InChI is InChI=1S/C26H27N5O2.C25H25N5O3.2C24H24N4O3/c1-17-4-3-5-21(18(17)2)23-8-9-30-25(32)22-7-6-19(14-24(22)31(23)30)20-15-27-26(28-16-20)29-10-12-33-13-11-29;1-32-23-5-3-2-4-19(23)21-8-9-29-24(31)20-7-6-17(14-22(20)30(21)29)18-15-26-25(27-16-18)28-10-12-33-13-11-28;2*1-24(2,30)23-25-13-16(14-26-23)15-8-9-18-20(12-15)28-19(10-11-27(28)22(18)29)17-6-4-5-7-21(17)31-3/h3-7,14-16,23H,8-13H2,1-2H3;2-7,14-16,21H,8-13H2,1H3;2*4-9,12-14,19,30H,10-11H2,1-3H3/t;;2*19-/m..10/s1. The van der Waals surface area contributed by atoms with E-state index in [1.807, 2.05) is 159 Å². The van der Waals surface area contributed by atoms with E-state index in [0.717, 1.165) is 182 Å². The topological polar surface area (TPSA) is 304 Å². The van der Waals surface area contributed by atoms with E-state index in [1.54, 1.807) is 73.8 Å². The Hall–Kier alpha value is -14.0. The maximum atomic E-state index is 13.1. The molecule has 29 nitrogen and oxygen atoms in total. The zero-order valence-electron chi connectivity index (χ0n) is 72.9. The van der Waals surface area contributed by atoms with Crippen LogP contribution in [0.15, 0.2) is 233 Å². The highest BCUT2D eigenvalue weighted by molar-refractivity contribution is 5.88. The number of nitrogens with zero attached hydrogens (tertiary/aromatic N) is 18. The first kappa shape index (κ1) is 83.5. The number of aliphatic hydroxyl groups is 2. The number of morpholine rings is 2. The van der Waals surface area contributed by atoms with Gasteiger partial charge in [-0.25, -0.2) is 58.6 Å². The minimum absolute atomic E-state index is 0.0189. The van der Waals surface area contributed by atoms with Gasteiger partial charge in [0.1, 0.15) is 28.5 Å². The Morgan fingerprint density at radius 2 is 0.594 bits per heavy atom. The van der Waals surface area contributed by atoms with Crippen molar-refractivity contribution in [1.82, 2.24) is 77.3 Å². The van der Waals surface area contributed by atoms with Crippen molar-refractivity contribution in [2.75, 3.05) is 83.7 Å². The van der Waals surface area contributed by atoms with Gasteiger partial charge in [0.05, 0.1) is 116 Å². The van der Waals surface area contributed by atoms with E-state index in [2.05, 4.69) is 131 Å². The molecule has 2 saturated heterocycles. The molecule has 2 unspecified atom stereocenters. The van der Waals surface area contributed by atoms with Crippen LogP contribution in [-0.4, -0.2) is 161 Å². The van der Waals surface area contributed by atoms with Gasteiger partial charge in [0.2, 0.25) is 11.9 Å². The SMILES string of the molecule is COc1ccccc1C1CCn2c(=O)c3ccc(-c4cnc(N5CCOCC5)nc4)cc3n21.COc1ccccc1[C@@H]1CCn2c(=O)c3ccc(-c4cnc(C(C)(C)O)nc4)cc3n21.COc1ccccc1[C@H]1CCn2c(=O)c3ccc(-c4cnc(C(C)(C)O)nc4)cc3n21.Cc1cccc(C2CCn3c(=O)c4ccc(-c5cnc(N6CCOCC6)nc5)cc4n32)c1C. The Kier molecular flexibility index (Phi) is 22.5. The molecule has 0 radical (unpaired) electrons. The predicted octanol–water partition coefficient (Wildman–Crippen LogP) is 13.8. The first-order chi connectivity index (χ1) is 62.1. The molecule has 0 bridgehead atoms. The second-order valence-corrected chi connectivity index (χ2v) is 34.2. The predicted molar refractivity (Wildman–Crippen MR) is 491 cm³/mol. The summed E-state index contributed by atoms with van der Waals surface area (Å²) in [6, 6.07) is 54.3. The minimum Gasteiger partial charge on any atom is -0.496 e. The van der Waals surface area contributed by atoms with Crippen LogP contribution in [0, 0.1) is 13.8 Å². The van der Waals surface area contributed by atoms with Crippen LogP contribution in [-0.2, 0) is 46.9 Å². The molecule has 8 aromatic heterocycles. The Balaban J connectivity index is 0.000000111. The molecule has 6 aliphatic heterocycles. The van der Waals surface area contributed by atoms with Crippen molar-refractivity contribution in [2.24, 2.45) is 0 Å². The van der Waals surface area contributed by atoms with Crippen molar-refractivity contribution >= 4 is 55.5 Å². The van der Waals surface area contributed by atoms with E-state index in [4.69, 9.17) is 23.7 Å². The number of aromatic nitrogens is 16. The van der Waals surface area contributed by atoms with Gasteiger partial charge in [-0.2, -0.15) is 0 Å². The average molecular weight is 1720 g/mol. The Morgan fingerprint density at radius 1 is 0.328 bits per heavy atom. The summed E-state index contributed by atoms with van der Waals surface area (Å²) in [5.41, 5.74) is 16.1. The second-order valence-electron chi connectivity index (χ2n) is 34.2. The van der Waals surface area contributed by atoms with Crippen LogP contribution in [0.1, 0.15) is 123 Å². The van der Waals surface area contributed by atoms with Gasteiger partial charge < -0.3 is 43.7 Å². The molecular weight excluding hydrogens is 1620 g/mol. The fraction of sp³-hybridized carbons (Fsp3) is 0.313. The van der Waals surface area contributed by atoms with E-state index in [1.165, 1.54) is 16.7 Å². The van der Waals surface area contributed by atoms with E-state index in [9.17, 15) is 29.4 Å². The molecular formula is C99H100N18O11. The lowest BCUT2D eigenvalue weighted by Crippen LogP contribution is -2.37. The summed E-state index contributed by atoms with van der Waals surface area (Å²) in [4.78, 5) is 92.2. The molecule has 16 aromatic rings. The summed E-state index contributed by atoms with van der Waals surface area (Å²) in [5.74, 6) is 4.68. The lowest BCUT2D eigenvalue weighted by molar-refractivity contribution is 0.0682. The number of rotatable bonds is 15. The molecule has 2 N–H and O–H groups in total. The molecule has 652 valence electrons. The quantitative estimate of drug-likeness (QED) is 0.0963. The lowest BCUT2D eigenvalue weighted by Gasteiger charge is -2.26. The molecule has 0 amide bonds. The minimum atomic E-state index is -1.10. The van der Waals surface area contributed by atoms with Crippen molar-refractivity contribution in [3.05, 3.63) is 300 Å². The molecule has 29 heteroatoms. The summed E-state index contributed by atoms with van der Waals surface area (Å²) in [6.45, 7) is 19.7. The lowest BCUT2D eigenvalue weighted by atomic mass is 9.96. The zero-order chi connectivity index (χ0) is 88.4. The van der Waals surface area contributed by atoms with Gasteiger partial charge in [-0.1, -0.05) is 97.1 Å².